The molecule has 2 N–H and O–H groups in total. The SMILES string of the molecule is [B]c1ccc(C(=O)N2Cc3nc([C@@H](O)C(C)C)n(-c4ccc(C(=O)NC)cc4)c(=O)c3C[C@H]2C)cc1C(F)(F)F. The quantitative estimate of drug-likeness (QED) is 0.474. The average Bonchev–Trinajstić information content (AvgIpc) is 2.91. The molecule has 0 unspecified atom stereocenters. The number of alkyl halides is 3. The highest BCUT2D eigenvalue weighted by atomic mass is 19.4. The van der Waals surface area contributed by atoms with Crippen molar-refractivity contribution in [2.75, 3.05) is 7.05 Å². The van der Waals surface area contributed by atoms with E-state index in [1.807, 2.05) is 0 Å². The molecule has 2 aromatic carbocycles. The van der Waals surface area contributed by atoms with Gasteiger partial charge in [0, 0.05) is 35.3 Å². The van der Waals surface area contributed by atoms with Crippen LogP contribution in [0.25, 0.3) is 5.69 Å². The lowest BCUT2D eigenvalue weighted by atomic mass is 9.88. The summed E-state index contributed by atoms with van der Waals surface area (Å²) in [7, 11) is 6.99. The monoisotopic (exact) mass is 552 g/mol. The maximum Gasteiger partial charge on any atom is 0.415 e. The van der Waals surface area contributed by atoms with Crippen molar-refractivity contribution in [1.29, 1.82) is 0 Å². The molecule has 2 heterocycles. The van der Waals surface area contributed by atoms with Crippen LogP contribution in [0.2, 0.25) is 0 Å². The Morgan fingerprint density at radius 1 is 1.12 bits per heavy atom. The van der Waals surface area contributed by atoms with Gasteiger partial charge in [0.05, 0.1) is 17.9 Å². The van der Waals surface area contributed by atoms with Gasteiger partial charge < -0.3 is 15.3 Å². The molecule has 0 bridgehead atoms. The van der Waals surface area contributed by atoms with Crippen molar-refractivity contribution >= 4 is 25.1 Å². The van der Waals surface area contributed by atoms with Crippen LogP contribution >= 0.6 is 0 Å². The van der Waals surface area contributed by atoms with Gasteiger partial charge in [0.25, 0.3) is 17.4 Å². The molecule has 2 amide bonds. The standard InChI is InChI=1S/C28H28BF3N4O4/c1-14(2)23(37)24-34-22-13-35(26(39)17-7-10-21(29)20(12-17)28(30,31)32)15(3)11-19(22)27(40)36(24)18-8-5-16(6-9-18)25(38)33-4/h5-10,12,14-15,23,37H,11,13H2,1-4H3,(H,33,38)/t15-,23+/m1/s1. The van der Waals surface area contributed by atoms with Crippen LogP contribution in [0.15, 0.2) is 47.3 Å². The Hall–Kier alpha value is -3.93. The van der Waals surface area contributed by atoms with Crippen LogP contribution in [0.4, 0.5) is 13.2 Å². The summed E-state index contributed by atoms with van der Waals surface area (Å²) in [5.74, 6) is -1.23. The van der Waals surface area contributed by atoms with Crippen LogP contribution in [0, 0.1) is 5.92 Å². The molecule has 0 fully saturated rings. The number of aromatic nitrogens is 2. The second kappa shape index (κ2) is 10.9. The van der Waals surface area contributed by atoms with Gasteiger partial charge in [0.15, 0.2) is 0 Å². The molecule has 1 aliphatic heterocycles. The first-order valence-corrected chi connectivity index (χ1v) is 12.7. The molecule has 1 aromatic heterocycles. The molecule has 8 nitrogen and oxygen atoms in total. The van der Waals surface area contributed by atoms with E-state index in [1.54, 1.807) is 45.0 Å². The Morgan fingerprint density at radius 2 is 1.75 bits per heavy atom. The van der Waals surface area contributed by atoms with E-state index in [9.17, 15) is 32.7 Å². The molecule has 0 spiro atoms. The summed E-state index contributed by atoms with van der Waals surface area (Å²) < 4.78 is 41.5. The lowest BCUT2D eigenvalue weighted by molar-refractivity contribution is -0.136. The second-order valence-corrected chi connectivity index (χ2v) is 10.1. The number of hydrogen-bond donors (Lipinski definition) is 2. The van der Waals surface area contributed by atoms with E-state index < -0.39 is 40.8 Å². The summed E-state index contributed by atoms with van der Waals surface area (Å²) in [6.45, 7) is 5.07. The predicted octanol–water partition coefficient (Wildman–Crippen LogP) is 2.68. The van der Waals surface area contributed by atoms with Crippen LogP contribution in [-0.2, 0) is 19.1 Å². The smallest absolute Gasteiger partial charge is 0.385 e. The minimum Gasteiger partial charge on any atom is -0.385 e. The Bertz CT molecular complexity index is 1520. The van der Waals surface area contributed by atoms with Gasteiger partial charge in [-0.05, 0) is 49.6 Å². The third kappa shape index (κ3) is 5.40. The number of rotatable bonds is 5. The number of nitrogens with one attached hydrogen (secondary N) is 1. The maximum atomic E-state index is 13.8. The first-order chi connectivity index (χ1) is 18.7. The van der Waals surface area contributed by atoms with E-state index in [4.69, 9.17) is 7.85 Å². The summed E-state index contributed by atoms with van der Waals surface area (Å²) in [6.07, 6.45) is -5.78. The number of halogens is 3. The van der Waals surface area contributed by atoms with Gasteiger partial charge in [-0.2, -0.15) is 13.2 Å². The number of aliphatic hydroxyl groups excluding tert-OH is 1. The van der Waals surface area contributed by atoms with Gasteiger partial charge in [-0.1, -0.05) is 31.4 Å². The summed E-state index contributed by atoms with van der Waals surface area (Å²) >= 11 is 0. The van der Waals surface area contributed by atoms with Crippen LogP contribution < -0.4 is 16.3 Å². The van der Waals surface area contributed by atoms with Gasteiger partial charge in [-0.15, -0.1) is 0 Å². The molecule has 0 saturated heterocycles. The first-order valence-electron chi connectivity index (χ1n) is 12.7. The van der Waals surface area contributed by atoms with Gasteiger partial charge >= 0.3 is 6.18 Å². The molecule has 0 saturated carbocycles. The molecule has 12 heteroatoms. The van der Waals surface area contributed by atoms with Crippen molar-refractivity contribution in [3.8, 4) is 5.69 Å². The number of carbonyl (C=O) groups excluding carboxylic acids is 2. The van der Waals surface area contributed by atoms with E-state index in [-0.39, 0.29) is 41.9 Å². The van der Waals surface area contributed by atoms with Gasteiger partial charge in [0.2, 0.25) is 0 Å². The molecular formula is C28H28BF3N4O4. The van der Waals surface area contributed by atoms with Crippen molar-refractivity contribution in [1.82, 2.24) is 19.8 Å². The van der Waals surface area contributed by atoms with Gasteiger partial charge in [-0.25, -0.2) is 4.98 Å². The van der Waals surface area contributed by atoms with Crippen molar-refractivity contribution in [2.45, 2.75) is 52.1 Å². The summed E-state index contributed by atoms with van der Waals surface area (Å²) in [4.78, 5) is 45.1. The number of fused-ring (bicyclic) bond motifs is 1. The molecule has 1 aliphatic rings. The molecule has 0 aliphatic carbocycles. The van der Waals surface area contributed by atoms with Gasteiger partial charge in [-0.3, -0.25) is 19.0 Å². The van der Waals surface area contributed by atoms with Crippen molar-refractivity contribution in [2.24, 2.45) is 5.92 Å². The fourth-order valence-electron chi connectivity index (χ4n) is 4.70. The third-order valence-electron chi connectivity index (χ3n) is 7.02. The molecule has 2 atom stereocenters. The van der Waals surface area contributed by atoms with E-state index in [0.29, 0.717) is 16.8 Å². The molecule has 208 valence electrons. The van der Waals surface area contributed by atoms with E-state index in [2.05, 4.69) is 10.3 Å². The zero-order chi connectivity index (χ0) is 29.5. The van der Waals surface area contributed by atoms with E-state index in [0.717, 1.165) is 12.1 Å². The first kappa shape index (κ1) is 29.1. The lowest BCUT2D eigenvalue weighted by Gasteiger charge is -2.35. The number of aliphatic hydroxyl groups is 1. The molecular weight excluding hydrogens is 524 g/mol. The highest BCUT2D eigenvalue weighted by Crippen LogP contribution is 2.30. The molecule has 4 rings (SSSR count). The number of benzene rings is 2. The largest absolute Gasteiger partial charge is 0.415 e. The maximum absolute atomic E-state index is 13.8. The van der Waals surface area contributed by atoms with E-state index >= 15 is 0 Å². The van der Waals surface area contributed by atoms with Crippen molar-refractivity contribution in [3.05, 3.63) is 86.6 Å². The van der Waals surface area contributed by atoms with Crippen molar-refractivity contribution < 1.29 is 27.9 Å². The van der Waals surface area contributed by atoms with Gasteiger partial charge in [0.1, 0.15) is 19.8 Å². The third-order valence-corrected chi connectivity index (χ3v) is 7.02. The van der Waals surface area contributed by atoms with Crippen LogP contribution in [-0.4, -0.2) is 52.3 Å². The fraction of sp³-hybridized carbons (Fsp3) is 0.357. The normalized spacial score (nSPS) is 16.0. The minimum absolute atomic E-state index is 0.0558. The van der Waals surface area contributed by atoms with E-state index in [1.165, 1.54) is 22.6 Å². The number of hydrogen-bond acceptors (Lipinski definition) is 5. The predicted molar refractivity (Wildman–Crippen MR) is 143 cm³/mol. The molecule has 3 aromatic rings. The van der Waals surface area contributed by atoms with Crippen LogP contribution in [0.5, 0.6) is 0 Å². The lowest BCUT2D eigenvalue weighted by Crippen LogP contribution is -2.46. The number of nitrogens with zero attached hydrogens (tertiary/aromatic N) is 3. The summed E-state index contributed by atoms with van der Waals surface area (Å²) in [6, 6.07) is 8.73. The minimum atomic E-state index is -4.73. The Kier molecular flexibility index (Phi) is 7.93. The highest BCUT2D eigenvalue weighted by Gasteiger charge is 2.36. The number of carbonyl (C=O) groups is 2. The number of amides is 2. The molecule has 40 heavy (non-hydrogen) atoms. The van der Waals surface area contributed by atoms with Crippen LogP contribution in [0.3, 0.4) is 0 Å². The summed E-state index contributed by atoms with van der Waals surface area (Å²) in [5.41, 5.74) is -0.836. The Morgan fingerprint density at radius 3 is 2.33 bits per heavy atom. The zero-order valence-electron chi connectivity index (χ0n) is 22.4. The molecule has 2 radical (unpaired) electrons. The Balaban J connectivity index is 1.78. The Labute approximate surface area is 230 Å². The fourth-order valence-corrected chi connectivity index (χ4v) is 4.70. The zero-order valence-corrected chi connectivity index (χ0v) is 22.4. The average molecular weight is 552 g/mol. The summed E-state index contributed by atoms with van der Waals surface area (Å²) in [5, 5.41) is 13.5. The van der Waals surface area contributed by atoms with Crippen molar-refractivity contribution in [3.63, 3.8) is 0 Å². The second-order valence-electron chi connectivity index (χ2n) is 10.1. The topological polar surface area (TPSA) is 105 Å². The van der Waals surface area contributed by atoms with Crippen LogP contribution in [0.1, 0.15) is 70.2 Å². The highest BCUT2D eigenvalue weighted by molar-refractivity contribution is 6.33.